The first-order valence-corrected chi connectivity index (χ1v) is 5.35. The number of nitrogens with one attached hydrogen (secondary N) is 2. The SMILES string of the molecule is O=C(O)CNC(=S)NC1CCCCC1. The van der Waals surface area contributed by atoms with Crippen LogP contribution in [0, 0.1) is 0 Å². The van der Waals surface area contributed by atoms with Gasteiger partial charge >= 0.3 is 5.97 Å². The van der Waals surface area contributed by atoms with Gasteiger partial charge < -0.3 is 15.7 Å². The van der Waals surface area contributed by atoms with Crippen molar-refractivity contribution in [3.8, 4) is 0 Å². The molecule has 0 bridgehead atoms. The van der Waals surface area contributed by atoms with Crippen LogP contribution in [-0.4, -0.2) is 28.8 Å². The maximum Gasteiger partial charge on any atom is 0.322 e. The van der Waals surface area contributed by atoms with Crippen LogP contribution in [-0.2, 0) is 4.79 Å². The van der Waals surface area contributed by atoms with Crippen LogP contribution in [0.15, 0.2) is 0 Å². The van der Waals surface area contributed by atoms with Gasteiger partial charge in [0.2, 0.25) is 0 Å². The summed E-state index contributed by atoms with van der Waals surface area (Å²) < 4.78 is 0. The smallest absolute Gasteiger partial charge is 0.322 e. The minimum Gasteiger partial charge on any atom is -0.480 e. The van der Waals surface area contributed by atoms with E-state index in [4.69, 9.17) is 17.3 Å². The van der Waals surface area contributed by atoms with Crippen molar-refractivity contribution in [1.82, 2.24) is 10.6 Å². The van der Waals surface area contributed by atoms with Crippen molar-refractivity contribution < 1.29 is 9.90 Å². The lowest BCUT2D eigenvalue weighted by atomic mass is 9.96. The molecule has 0 aromatic heterocycles. The number of hydrogen-bond donors (Lipinski definition) is 3. The first-order valence-electron chi connectivity index (χ1n) is 4.94. The lowest BCUT2D eigenvalue weighted by molar-refractivity contribution is -0.135. The van der Waals surface area contributed by atoms with Gasteiger partial charge in [0.15, 0.2) is 5.11 Å². The van der Waals surface area contributed by atoms with Gasteiger partial charge in [-0.3, -0.25) is 4.79 Å². The molecule has 0 aromatic rings. The van der Waals surface area contributed by atoms with E-state index in [-0.39, 0.29) is 6.54 Å². The van der Waals surface area contributed by atoms with Gasteiger partial charge in [0, 0.05) is 6.04 Å². The molecule has 3 N–H and O–H groups in total. The molecular weight excluding hydrogens is 200 g/mol. The molecule has 0 aromatic carbocycles. The largest absolute Gasteiger partial charge is 0.480 e. The van der Waals surface area contributed by atoms with Gasteiger partial charge in [0.1, 0.15) is 6.54 Å². The molecule has 1 aliphatic carbocycles. The average molecular weight is 216 g/mol. The van der Waals surface area contributed by atoms with Crippen molar-refractivity contribution in [3.05, 3.63) is 0 Å². The molecule has 5 heteroatoms. The maximum atomic E-state index is 10.2. The zero-order valence-corrected chi connectivity index (χ0v) is 8.90. The fraction of sp³-hybridized carbons (Fsp3) is 0.778. The number of hydrogen-bond acceptors (Lipinski definition) is 2. The standard InChI is InChI=1S/C9H16N2O2S/c12-8(13)6-10-9(14)11-7-4-2-1-3-5-7/h7H,1-6H2,(H,12,13)(H2,10,11,14). The Hall–Kier alpha value is -0.840. The van der Waals surface area contributed by atoms with E-state index in [0.717, 1.165) is 12.8 Å². The van der Waals surface area contributed by atoms with Crippen molar-refractivity contribution in [2.75, 3.05) is 6.54 Å². The Bertz CT molecular complexity index is 215. The van der Waals surface area contributed by atoms with Crippen LogP contribution >= 0.6 is 12.2 Å². The number of carboxylic acid groups (broad SMARTS) is 1. The van der Waals surface area contributed by atoms with Crippen LogP contribution in [0.5, 0.6) is 0 Å². The normalized spacial score (nSPS) is 17.4. The molecule has 1 saturated carbocycles. The van der Waals surface area contributed by atoms with Gasteiger partial charge in [-0.2, -0.15) is 0 Å². The number of thiocarbonyl (C=S) groups is 1. The summed E-state index contributed by atoms with van der Waals surface area (Å²) in [5.74, 6) is -0.891. The van der Waals surface area contributed by atoms with Gasteiger partial charge in [-0.05, 0) is 25.1 Å². The summed E-state index contributed by atoms with van der Waals surface area (Å²) in [4.78, 5) is 10.2. The van der Waals surface area contributed by atoms with Gasteiger partial charge in [0.05, 0.1) is 0 Å². The summed E-state index contributed by atoms with van der Waals surface area (Å²) in [7, 11) is 0. The molecule has 1 fully saturated rings. The summed E-state index contributed by atoms with van der Waals surface area (Å²) in [5.41, 5.74) is 0. The van der Waals surface area contributed by atoms with Gasteiger partial charge in [-0.1, -0.05) is 19.3 Å². The second-order valence-electron chi connectivity index (χ2n) is 3.56. The summed E-state index contributed by atoms with van der Waals surface area (Å²) in [5, 5.41) is 14.7. The van der Waals surface area contributed by atoms with Crippen LogP contribution in [0.25, 0.3) is 0 Å². The van der Waals surface area contributed by atoms with E-state index >= 15 is 0 Å². The van der Waals surface area contributed by atoms with Gasteiger partial charge in [-0.25, -0.2) is 0 Å². The predicted octanol–water partition coefficient (Wildman–Crippen LogP) is 0.868. The van der Waals surface area contributed by atoms with Crippen LogP contribution < -0.4 is 10.6 Å². The molecule has 0 radical (unpaired) electrons. The Kier molecular flexibility index (Phi) is 4.65. The Morgan fingerprint density at radius 2 is 2.00 bits per heavy atom. The van der Waals surface area contributed by atoms with Crippen molar-refractivity contribution in [2.45, 2.75) is 38.1 Å². The quantitative estimate of drug-likeness (QED) is 0.611. The molecule has 80 valence electrons. The fourth-order valence-electron chi connectivity index (χ4n) is 1.64. The van der Waals surface area contributed by atoms with Gasteiger partial charge in [-0.15, -0.1) is 0 Å². The zero-order valence-electron chi connectivity index (χ0n) is 8.08. The molecule has 0 heterocycles. The van der Waals surface area contributed by atoms with Gasteiger partial charge in [0.25, 0.3) is 0 Å². The van der Waals surface area contributed by atoms with Crippen LogP contribution in [0.1, 0.15) is 32.1 Å². The summed E-state index contributed by atoms with van der Waals surface area (Å²) in [6, 6.07) is 0.428. The summed E-state index contributed by atoms with van der Waals surface area (Å²) in [6.07, 6.45) is 6.04. The molecule has 0 atom stereocenters. The van der Waals surface area contributed by atoms with E-state index in [2.05, 4.69) is 10.6 Å². The van der Waals surface area contributed by atoms with E-state index in [1.807, 2.05) is 0 Å². The van der Waals surface area contributed by atoms with E-state index in [9.17, 15) is 4.79 Å². The van der Waals surface area contributed by atoms with E-state index < -0.39 is 5.97 Å². The topological polar surface area (TPSA) is 61.4 Å². The Balaban J connectivity index is 2.15. The third-order valence-electron chi connectivity index (χ3n) is 2.34. The monoisotopic (exact) mass is 216 g/mol. The first kappa shape index (κ1) is 11.2. The molecule has 1 aliphatic rings. The fourth-order valence-corrected chi connectivity index (χ4v) is 1.88. The van der Waals surface area contributed by atoms with Crippen LogP contribution in [0.2, 0.25) is 0 Å². The van der Waals surface area contributed by atoms with E-state index in [0.29, 0.717) is 11.2 Å². The van der Waals surface area contributed by atoms with Crippen molar-refractivity contribution in [1.29, 1.82) is 0 Å². The third-order valence-corrected chi connectivity index (χ3v) is 2.60. The predicted molar refractivity (Wildman–Crippen MR) is 58.2 cm³/mol. The second kappa shape index (κ2) is 5.80. The highest BCUT2D eigenvalue weighted by molar-refractivity contribution is 7.80. The number of carbonyl (C=O) groups is 1. The highest BCUT2D eigenvalue weighted by Crippen LogP contribution is 2.16. The average Bonchev–Trinajstić information content (AvgIpc) is 2.16. The number of aliphatic carboxylic acids is 1. The van der Waals surface area contributed by atoms with Crippen molar-refractivity contribution in [2.24, 2.45) is 0 Å². The number of carboxylic acids is 1. The Morgan fingerprint density at radius 1 is 1.36 bits per heavy atom. The zero-order chi connectivity index (χ0) is 10.4. The summed E-state index contributed by atoms with van der Waals surface area (Å²) in [6.45, 7) is -0.113. The molecule has 0 unspecified atom stereocenters. The van der Waals surface area contributed by atoms with E-state index in [1.165, 1.54) is 19.3 Å². The number of rotatable bonds is 3. The summed E-state index contributed by atoms with van der Waals surface area (Å²) >= 11 is 4.97. The minimum absolute atomic E-state index is 0.113. The minimum atomic E-state index is -0.891. The third kappa shape index (κ3) is 4.41. The molecule has 4 nitrogen and oxygen atoms in total. The maximum absolute atomic E-state index is 10.2. The van der Waals surface area contributed by atoms with Crippen molar-refractivity contribution >= 4 is 23.3 Å². The first-order chi connectivity index (χ1) is 6.68. The molecule has 0 aliphatic heterocycles. The highest BCUT2D eigenvalue weighted by Gasteiger charge is 2.13. The van der Waals surface area contributed by atoms with Crippen LogP contribution in [0.3, 0.4) is 0 Å². The lowest BCUT2D eigenvalue weighted by Gasteiger charge is -2.24. The molecule has 0 amide bonds. The second-order valence-corrected chi connectivity index (χ2v) is 3.96. The Morgan fingerprint density at radius 3 is 2.57 bits per heavy atom. The van der Waals surface area contributed by atoms with E-state index in [1.54, 1.807) is 0 Å². The molecule has 0 saturated heterocycles. The molecular formula is C9H16N2O2S. The molecule has 0 spiro atoms. The Labute approximate surface area is 89.1 Å². The van der Waals surface area contributed by atoms with Crippen LogP contribution in [0.4, 0.5) is 0 Å². The molecule has 14 heavy (non-hydrogen) atoms. The lowest BCUT2D eigenvalue weighted by Crippen LogP contribution is -2.44. The highest BCUT2D eigenvalue weighted by atomic mass is 32.1. The van der Waals surface area contributed by atoms with Crippen molar-refractivity contribution in [3.63, 3.8) is 0 Å². The molecule has 1 rings (SSSR count).